The highest BCUT2D eigenvalue weighted by molar-refractivity contribution is 5.79. The summed E-state index contributed by atoms with van der Waals surface area (Å²) in [5.41, 5.74) is 1.10. The molecule has 0 fully saturated rings. The molecule has 3 nitrogen and oxygen atoms in total. The Morgan fingerprint density at radius 2 is 1.94 bits per heavy atom. The van der Waals surface area contributed by atoms with Crippen molar-refractivity contribution in [1.29, 1.82) is 0 Å². The second-order valence-electron chi connectivity index (χ2n) is 4.31. The first kappa shape index (κ1) is 13.6. The molecule has 1 unspecified atom stereocenters. The van der Waals surface area contributed by atoms with E-state index >= 15 is 0 Å². The molecule has 1 rings (SSSR count). The molecule has 0 spiro atoms. The summed E-state index contributed by atoms with van der Waals surface area (Å²) in [5, 5.41) is 0. The molecule has 0 saturated carbocycles. The number of pyridine rings is 1. The number of hydrogen-bond donors (Lipinski definition) is 0. The summed E-state index contributed by atoms with van der Waals surface area (Å²) in [6, 6.07) is 3.85. The van der Waals surface area contributed by atoms with Crippen molar-refractivity contribution in [2.75, 3.05) is 0 Å². The van der Waals surface area contributed by atoms with E-state index in [0.29, 0.717) is 19.3 Å². The minimum atomic E-state index is 0.148. The summed E-state index contributed by atoms with van der Waals surface area (Å²) in [5.74, 6) is 0.567. The molecule has 3 heteroatoms. The fraction of sp³-hybridized carbons (Fsp3) is 0.500. The van der Waals surface area contributed by atoms with Gasteiger partial charge in [0, 0.05) is 31.7 Å². The van der Waals surface area contributed by atoms with E-state index in [1.165, 1.54) is 0 Å². The van der Waals surface area contributed by atoms with Gasteiger partial charge in [0.1, 0.15) is 11.6 Å². The number of carbonyl (C=O) groups is 2. The van der Waals surface area contributed by atoms with Crippen LogP contribution in [0.25, 0.3) is 0 Å². The van der Waals surface area contributed by atoms with E-state index < -0.39 is 0 Å². The molecule has 0 aliphatic rings. The highest BCUT2D eigenvalue weighted by atomic mass is 16.1. The predicted molar refractivity (Wildman–Crippen MR) is 66.8 cm³/mol. The lowest BCUT2D eigenvalue weighted by molar-refractivity contribution is -0.120. The van der Waals surface area contributed by atoms with Gasteiger partial charge in [-0.1, -0.05) is 6.92 Å². The highest BCUT2D eigenvalue weighted by Gasteiger charge is 2.15. The van der Waals surface area contributed by atoms with Crippen molar-refractivity contribution >= 4 is 11.6 Å². The summed E-state index contributed by atoms with van der Waals surface area (Å²) in [7, 11) is 0. The van der Waals surface area contributed by atoms with Gasteiger partial charge in [-0.15, -0.1) is 0 Å². The van der Waals surface area contributed by atoms with Gasteiger partial charge in [-0.25, -0.2) is 0 Å². The number of nitrogens with zero attached hydrogens (tertiary/aromatic N) is 1. The average molecular weight is 233 g/mol. The average Bonchev–Trinajstić information content (AvgIpc) is 2.35. The molecule has 1 aromatic rings. The Morgan fingerprint density at radius 1 is 1.29 bits per heavy atom. The lowest BCUT2D eigenvalue weighted by Gasteiger charge is -2.15. The monoisotopic (exact) mass is 233 g/mol. The zero-order chi connectivity index (χ0) is 12.7. The maximum Gasteiger partial charge on any atom is 0.133 e. The van der Waals surface area contributed by atoms with Crippen molar-refractivity contribution in [2.24, 2.45) is 0 Å². The lowest BCUT2D eigenvalue weighted by Crippen LogP contribution is -2.08. The maximum atomic E-state index is 11.5. The molecular formula is C14H19NO2. The van der Waals surface area contributed by atoms with E-state index in [0.717, 1.165) is 12.0 Å². The zero-order valence-electron chi connectivity index (χ0n) is 10.5. The van der Waals surface area contributed by atoms with Crippen LogP contribution in [-0.4, -0.2) is 16.6 Å². The van der Waals surface area contributed by atoms with E-state index in [2.05, 4.69) is 4.98 Å². The van der Waals surface area contributed by atoms with E-state index in [1.54, 1.807) is 19.3 Å². The van der Waals surface area contributed by atoms with Crippen LogP contribution >= 0.6 is 0 Å². The molecule has 1 atom stereocenters. The fourth-order valence-electron chi connectivity index (χ4n) is 1.82. The van der Waals surface area contributed by atoms with Crippen molar-refractivity contribution in [3.8, 4) is 0 Å². The smallest absolute Gasteiger partial charge is 0.133 e. The topological polar surface area (TPSA) is 47.0 Å². The molecular weight excluding hydrogens is 214 g/mol. The molecule has 92 valence electrons. The molecule has 0 bridgehead atoms. The van der Waals surface area contributed by atoms with Crippen LogP contribution in [0, 0.1) is 0 Å². The van der Waals surface area contributed by atoms with Gasteiger partial charge < -0.3 is 4.79 Å². The van der Waals surface area contributed by atoms with Crippen LogP contribution in [0.1, 0.15) is 51.0 Å². The Balaban J connectivity index is 2.71. The summed E-state index contributed by atoms with van der Waals surface area (Å²) >= 11 is 0. The van der Waals surface area contributed by atoms with Crippen LogP contribution in [-0.2, 0) is 9.59 Å². The number of ketones is 2. The molecule has 0 saturated heterocycles. The van der Waals surface area contributed by atoms with Gasteiger partial charge in [-0.2, -0.15) is 0 Å². The number of hydrogen-bond acceptors (Lipinski definition) is 3. The first-order valence-electron chi connectivity index (χ1n) is 6.04. The highest BCUT2D eigenvalue weighted by Crippen LogP contribution is 2.25. The van der Waals surface area contributed by atoms with E-state index in [9.17, 15) is 9.59 Å². The Labute approximate surface area is 102 Å². The van der Waals surface area contributed by atoms with Crippen molar-refractivity contribution in [3.05, 3.63) is 30.1 Å². The third-order valence-corrected chi connectivity index (χ3v) is 2.89. The molecule has 1 heterocycles. The van der Waals surface area contributed by atoms with Gasteiger partial charge in [-0.3, -0.25) is 9.78 Å². The third kappa shape index (κ3) is 4.89. The minimum absolute atomic E-state index is 0.148. The minimum Gasteiger partial charge on any atom is -0.300 e. The normalized spacial score (nSPS) is 12.1. The Morgan fingerprint density at radius 3 is 2.47 bits per heavy atom. The summed E-state index contributed by atoms with van der Waals surface area (Å²) in [6.07, 6.45) is 5.81. The van der Waals surface area contributed by atoms with Crippen molar-refractivity contribution in [1.82, 2.24) is 4.98 Å². The second kappa shape index (κ2) is 6.94. The van der Waals surface area contributed by atoms with Gasteiger partial charge in [-0.05, 0) is 37.0 Å². The number of rotatable bonds is 7. The molecule has 17 heavy (non-hydrogen) atoms. The molecule has 1 aromatic heterocycles. The Kier molecular flexibility index (Phi) is 5.53. The first-order valence-corrected chi connectivity index (χ1v) is 6.04. The largest absolute Gasteiger partial charge is 0.300 e. The molecule has 0 aromatic carbocycles. The van der Waals surface area contributed by atoms with E-state index in [4.69, 9.17) is 0 Å². The van der Waals surface area contributed by atoms with Gasteiger partial charge in [0.2, 0.25) is 0 Å². The molecule has 0 amide bonds. The summed E-state index contributed by atoms with van der Waals surface area (Å²) in [4.78, 5) is 26.5. The first-order chi connectivity index (χ1) is 8.13. The molecule has 0 aliphatic carbocycles. The third-order valence-electron chi connectivity index (χ3n) is 2.89. The Hall–Kier alpha value is -1.51. The van der Waals surface area contributed by atoms with Crippen LogP contribution in [0.4, 0.5) is 0 Å². The van der Waals surface area contributed by atoms with E-state index in [-0.39, 0.29) is 17.5 Å². The predicted octanol–water partition coefficient (Wildman–Crippen LogP) is 2.90. The van der Waals surface area contributed by atoms with Gasteiger partial charge >= 0.3 is 0 Å². The number of Topliss-reactive ketones (excluding diaryl/α,β-unsaturated/α-hetero) is 2. The summed E-state index contributed by atoms with van der Waals surface area (Å²) < 4.78 is 0. The molecule has 0 radical (unpaired) electrons. The maximum absolute atomic E-state index is 11.5. The quantitative estimate of drug-likeness (QED) is 0.727. The standard InChI is InChI=1S/C14H19NO2/c1-3-14(17)10-13(5-4-11(2)16)12-6-8-15-9-7-12/h6-9,13H,3-5,10H2,1-2H3. The molecule has 0 N–H and O–H groups in total. The van der Waals surface area contributed by atoms with Gasteiger partial charge in [0.15, 0.2) is 0 Å². The SMILES string of the molecule is CCC(=O)CC(CCC(C)=O)c1ccncc1. The van der Waals surface area contributed by atoms with Crippen molar-refractivity contribution in [3.63, 3.8) is 0 Å². The van der Waals surface area contributed by atoms with Crippen LogP contribution in [0.15, 0.2) is 24.5 Å². The van der Waals surface area contributed by atoms with Crippen LogP contribution in [0.5, 0.6) is 0 Å². The van der Waals surface area contributed by atoms with Crippen molar-refractivity contribution in [2.45, 2.75) is 45.4 Å². The zero-order valence-corrected chi connectivity index (χ0v) is 10.5. The number of carbonyl (C=O) groups excluding carboxylic acids is 2. The summed E-state index contributed by atoms with van der Waals surface area (Å²) in [6.45, 7) is 3.46. The fourth-order valence-corrected chi connectivity index (χ4v) is 1.82. The molecule has 0 aliphatic heterocycles. The lowest BCUT2D eigenvalue weighted by atomic mass is 9.89. The van der Waals surface area contributed by atoms with Crippen molar-refractivity contribution < 1.29 is 9.59 Å². The van der Waals surface area contributed by atoms with E-state index in [1.807, 2.05) is 19.1 Å². The Bertz CT molecular complexity index is 373. The second-order valence-corrected chi connectivity index (χ2v) is 4.31. The van der Waals surface area contributed by atoms with Gasteiger partial charge in [0.05, 0.1) is 0 Å². The van der Waals surface area contributed by atoms with Crippen LogP contribution in [0.2, 0.25) is 0 Å². The van der Waals surface area contributed by atoms with Gasteiger partial charge in [0.25, 0.3) is 0 Å². The van der Waals surface area contributed by atoms with Crippen LogP contribution in [0.3, 0.4) is 0 Å². The van der Waals surface area contributed by atoms with Crippen LogP contribution < -0.4 is 0 Å². The number of aromatic nitrogens is 1.